The zero-order valence-corrected chi connectivity index (χ0v) is 7.43. The van der Waals surface area contributed by atoms with Crippen LogP contribution in [0.1, 0.15) is 26.2 Å². The van der Waals surface area contributed by atoms with Crippen molar-refractivity contribution in [3.8, 4) is 0 Å². The average Bonchev–Trinajstić information content (AvgIpc) is 1.99. The number of ether oxygens (including phenoxy) is 1. The van der Waals surface area contributed by atoms with E-state index >= 15 is 0 Å². The summed E-state index contributed by atoms with van der Waals surface area (Å²) in [5.41, 5.74) is 0. The molecule has 2 unspecified atom stereocenters. The Bertz CT molecular complexity index is 145. The lowest BCUT2D eigenvalue weighted by atomic mass is 9.96. The second-order valence-electron chi connectivity index (χ2n) is 2.75. The Morgan fingerprint density at radius 2 is 2.45 bits per heavy atom. The lowest BCUT2D eigenvalue weighted by Crippen LogP contribution is -2.35. The van der Waals surface area contributed by atoms with Gasteiger partial charge in [-0.1, -0.05) is 0 Å². The molecule has 0 amide bonds. The molecule has 64 valence electrons. The molecular weight excluding hydrogens is 164 g/mol. The van der Waals surface area contributed by atoms with Crippen molar-refractivity contribution in [2.45, 2.75) is 37.7 Å². The summed E-state index contributed by atoms with van der Waals surface area (Å²) in [6.07, 6.45) is 2.43. The Hall–Kier alpha value is -0.0800. The van der Waals surface area contributed by atoms with E-state index in [1.165, 1.54) is 0 Å². The molecule has 1 fully saturated rings. The first-order valence-corrected chi connectivity index (χ1v) is 4.47. The Balaban J connectivity index is 2.44. The zero-order valence-electron chi connectivity index (χ0n) is 6.68. The number of carbonyl (C=O) groups is 1. The van der Waals surface area contributed by atoms with Crippen LogP contribution in [0.25, 0.3) is 0 Å². The molecule has 0 saturated heterocycles. The van der Waals surface area contributed by atoms with Crippen LogP contribution in [0.5, 0.6) is 0 Å². The molecule has 0 N–H and O–H groups in total. The van der Waals surface area contributed by atoms with E-state index in [-0.39, 0.29) is 11.9 Å². The summed E-state index contributed by atoms with van der Waals surface area (Å²) < 4.78 is 5.31. The van der Waals surface area contributed by atoms with E-state index < -0.39 is 5.38 Å². The second kappa shape index (κ2) is 4.07. The molecule has 0 aromatic heterocycles. The number of hydrogen-bond acceptors (Lipinski definition) is 2. The predicted octanol–water partition coefficient (Wildman–Crippen LogP) is 1.75. The highest BCUT2D eigenvalue weighted by molar-refractivity contribution is 6.31. The number of ketones is 1. The van der Waals surface area contributed by atoms with E-state index in [1.54, 1.807) is 0 Å². The van der Waals surface area contributed by atoms with E-state index in [1.807, 2.05) is 6.92 Å². The first-order chi connectivity index (χ1) is 5.25. The third kappa shape index (κ3) is 2.17. The molecule has 0 heterocycles. The topological polar surface area (TPSA) is 26.3 Å². The maximum Gasteiger partial charge on any atom is 0.153 e. The van der Waals surface area contributed by atoms with Gasteiger partial charge in [0.25, 0.3) is 0 Å². The molecule has 0 aromatic carbocycles. The fourth-order valence-corrected chi connectivity index (χ4v) is 1.66. The van der Waals surface area contributed by atoms with E-state index in [2.05, 4.69) is 0 Å². The molecule has 0 radical (unpaired) electrons. The minimum Gasteiger partial charge on any atom is -0.376 e. The van der Waals surface area contributed by atoms with Crippen molar-refractivity contribution in [1.82, 2.24) is 0 Å². The normalized spacial score (nSPS) is 32.4. The van der Waals surface area contributed by atoms with E-state index in [4.69, 9.17) is 16.3 Å². The van der Waals surface area contributed by atoms with Crippen LogP contribution in [0.4, 0.5) is 0 Å². The van der Waals surface area contributed by atoms with Crippen LogP contribution >= 0.6 is 11.6 Å². The highest BCUT2D eigenvalue weighted by atomic mass is 35.5. The van der Waals surface area contributed by atoms with Gasteiger partial charge in [0.1, 0.15) is 5.38 Å². The first kappa shape index (κ1) is 9.01. The van der Waals surface area contributed by atoms with E-state index in [0.717, 1.165) is 12.8 Å². The van der Waals surface area contributed by atoms with E-state index in [9.17, 15) is 4.79 Å². The third-order valence-electron chi connectivity index (χ3n) is 1.93. The van der Waals surface area contributed by atoms with Crippen molar-refractivity contribution in [3.05, 3.63) is 0 Å². The second-order valence-corrected chi connectivity index (χ2v) is 3.22. The molecule has 0 aromatic rings. The smallest absolute Gasteiger partial charge is 0.153 e. The van der Waals surface area contributed by atoms with Crippen molar-refractivity contribution in [3.63, 3.8) is 0 Å². The molecular formula is C8H13ClO2. The lowest BCUT2D eigenvalue weighted by molar-refractivity contribution is -0.123. The summed E-state index contributed by atoms with van der Waals surface area (Å²) in [6, 6.07) is 0. The van der Waals surface area contributed by atoms with Gasteiger partial charge < -0.3 is 4.74 Å². The van der Waals surface area contributed by atoms with Gasteiger partial charge in [-0.3, -0.25) is 4.79 Å². The molecule has 1 saturated carbocycles. The Morgan fingerprint density at radius 3 is 3.09 bits per heavy atom. The molecule has 1 aliphatic rings. The summed E-state index contributed by atoms with van der Waals surface area (Å²) >= 11 is 5.84. The van der Waals surface area contributed by atoms with Crippen LogP contribution in [0, 0.1) is 0 Å². The van der Waals surface area contributed by atoms with Crippen LogP contribution in [-0.4, -0.2) is 23.9 Å². The lowest BCUT2D eigenvalue weighted by Gasteiger charge is -2.25. The summed E-state index contributed by atoms with van der Waals surface area (Å²) in [5, 5.41) is -0.399. The number of carbonyl (C=O) groups excluding carboxylic acids is 1. The molecule has 11 heavy (non-hydrogen) atoms. The minimum atomic E-state index is -0.399. The molecule has 0 bridgehead atoms. The van der Waals surface area contributed by atoms with Crippen LogP contribution in [-0.2, 0) is 9.53 Å². The quantitative estimate of drug-likeness (QED) is 0.600. The molecule has 2 atom stereocenters. The van der Waals surface area contributed by atoms with Gasteiger partial charge in [0.2, 0.25) is 0 Å². The maximum absolute atomic E-state index is 11.1. The Kier molecular flexibility index (Phi) is 3.34. The van der Waals surface area contributed by atoms with Crippen LogP contribution in [0.2, 0.25) is 0 Å². The number of Topliss-reactive ketones (excluding diaryl/α,β-unsaturated/α-hetero) is 1. The fourth-order valence-electron chi connectivity index (χ4n) is 1.35. The van der Waals surface area contributed by atoms with Crippen LogP contribution in [0.15, 0.2) is 0 Å². The van der Waals surface area contributed by atoms with Crippen molar-refractivity contribution in [2.24, 2.45) is 0 Å². The number of hydrogen-bond donors (Lipinski definition) is 0. The first-order valence-electron chi connectivity index (χ1n) is 4.04. The maximum atomic E-state index is 11.1. The van der Waals surface area contributed by atoms with Gasteiger partial charge in [-0.25, -0.2) is 0 Å². The highest BCUT2D eigenvalue weighted by Crippen LogP contribution is 2.22. The molecule has 1 rings (SSSR count). The SMILES string of the molecule is CCOC1CCCC(=O)C1Cl. The Labute approximate surface area is 71.9 Å². The van der Waals surface area contributed by atoms with Gasteiger partial charge in [0, 0.05) is 13.0 Å². The molecule has 0 aliphatic heterocycles. The van der Waals surface area contributed by atoms with Gasteiger partial charge in [-0.15, -0.1) is 11.6 Å². The van der Waals surface area contributed by atoms with Crippen molar-refractivity contribution >= 4 is 17.4 Å². The fraction of sp³-hybridized carbons (Fsp3) is 0.875. The van der Waals surface area contributed by atoms with Crippen LogP contribution < -0.4 is 0 Å². The van der Waals surface area contributed by atoms with Crippen molar-refractivity contribution < 1.29 is 9.53 Å². The summed E-state index contributed by atoms with van der Waals surface area (Å²) in [5.74, 6) is 0.136. The summed E-state index contributed by atoms with van der Waals surface area (Å²) in [4.78, 5) is 11.1. The van der Waals surface area contributed by atoms with Gasteiger partial charge >= 0.3 is 0 Å². The molecule has 2 nitrogen and oxygen atoms in total. The number of rotatable bonds is 2. The third-order valence-corrected chi connectivity index (χ3v) is 2.45. The molecule has 0 spiro atoms. The zero-order chi connectivity index (χ0) is 8.27. The van der Waals surface area contributed by atoms with Gasteiger partial charge in [0.15, 0.2) is 5.78 Å². The Morgan fingerprint density at radius 1 is 1.73 bits per heavy atom. The molecule has 1 aliphatic carbocycles. The standard InChI is InChI=1S/C8H13ClO2/c1-2-11-7-5-3-4-6(10)8(7)9/h7-8H,2-5H2,1H3. The minimum absolute atomic E-state index is 0.0390. The van der Waals surface area contributed by atoms with Gasteiger partial charge in [0.05, 0.1) is 6.10 Å². The number of halogens is 1. The summed E-state index contributed by atoms with van der Waals surface area (Å²) in [6.45, 7) is 2.56. The largest absolute Gasteiger partial charge is 0.376 e. The van der Waals surface area contributed by atoms with Crippen molar-refractivity contribution in [1.29, 1.82) is 0 Å². The highest BCUT2D eigenvalue weighted by Gasteiger charge is 2.30. The number of alkyl halides is 1. The van der Waals surface area contributed by atoms with Crippen molar-refractivity contribution in [2.75, 3.05) is 6.61 Å². The monoisotopic (exact) mass is 176 g/mol. The van der Waals surface area contributed by atoms with Crippen LogP contribution in [0.3, 0.4) is 0 Å². The molecule has 3 heteroatoms. The van der Waals surface area contributed by atoms with E-state index in [0.29, 0.717) is 13.0 Å². The predicted molar refractivity (Wildman–Crippen MR) is 43.9 cm³/mol. The van der Waals surface area contributed by atoms with Gasteiger partial charge in [-0.2, -0.15) is 0 Å². The summed E-state index contributed by atoms with van der Waals surface area (Å²) in [7, 11) is 0. The van der Waals surface area contributed by atoms with Gasteiger partial charge in [-0.05, 0) is 19.8 Å². The average molecular weight is 177 g/mol.